The van der Waals surface area contributed by atoms with Crippen LogP contribution in [0.5, 0.6) is 0 Å². The number of carboxylic acids is 1. The van der Waals surface area contributed by atoms with Gasteiger partial charge in [0.25, 0.3) is 0 Å². The Kier molecular flexibility index (Phi) is 2.90. The number of hydrogen-bond donors (Lipinski definition) is 2. The Morgan fingerprint density at radius 2 is 2.27 bits per heavy atom. The summed E-state index contributed by atoms with van der Waals surface area (Å²) in [7, 11) is 0. The molecule has 0 saturated heterocycles. The van der Waals surface area contributed by atoms with Crippen molar-refractivity contribution >= 4 is 11.7 Å². The molecule has 1 aliphatic heterocycles. The SMILES string of the molecule is O=C(O)Cc1cccc2c1NCCCC2. The normalized spacial score (nSPS) is 14.9. The van der Waals surface area contributed by atoms with Gasteiger partial charge in [-0.25, -0.2) is 0 Å². The number of rotatable bonds is 2. The van der Waals surface area contributed by atoms with Crippen molar-refractivity contribution < 1.29 is 9.90 Å². The van der Waals surface area contributed by atoms with Crippen LogP contribution in [0, 0.1) is 0 Å². The Morgan fingerprint density at radius 1 is 1.40 bits per heavy atom. The summed E-state index contributed by atoms with van der Waals surface area (Å²) in [4.78, 5) is 10.7. The lowest BCUT2D eigenvalue weighted by atomic mass is 10.0. The van der Waals surface area contributed by atoms with Gasteiger partial charge in [-0.15, -0.1) is 0 Å². The minimum Gasteiger partial charge on any atom is -0.481 e. The van der Waals surface area contributed by atoms with Gasteiger partial charge in [0, 0.05) is 12.2 Å². The second kappa shape index (κ2) is 4.34. The van der Waals surface area contributed by atoms with E-state index in [1.54, 1.807) is 0 Å². The predicted molar refractivity (Wildman–Crippen MR) is 59.2 cm³/mol. The van der Waals surface area contributed by atoms with Crippen LogP contribution in [0.25, 0.3) is 0 Å². The number of fused-ring (bicyclic) bond motifs is 1. The number of anilines is 1. The van der Waals surface area contributed by atoms with Crippen molar-refractivity contribution in [3.8, 4) is 0 Å². The molecule has 0 unspecified atom stereocenters. The fourth-order valence-corrected chi connectivity index (χ4v) is 2.05. The number of aliphatic carboxylic acids is 1. The third-order valence-corrected chi connectivity index (χ3v) is 2.75. The molecule has 0 saturated carbocycles. The maximum absolute atomic E-state index is 10.7. The number of aryl methyl sites for hydroxylation is 1. The zero-order valence-corrected chi connectivity index (χ0v) is 8.62. The molecule has 0 bridgehead atoms. The van der Waals surface area contributed by atoms with Crippen LogP contribution in [-0.4, -0.2) is 17.6 Å². The largest absolute Gasteiger partial charge is 0.481 e. The second-order valence-electron chi connectivity index (χ2n) is 3.91. The molecule has 0 fully saturated rings. The monoisotopic (exact) mass is 205 g/mol. The van der Waals surface area contributed by atoms with Crippen molar-refractivity contribution in [1.29, 1.82) is 0 Å². The number of para-hydroxylation sites is 1. The molecule has 3 heteroatoms. The van der Waals surface area contributed by atoms with Crippen LogP contribution in [-0.2, 0) is 17.6 Å². The van der Waals surface area contributed by atoms with Crippen LogP contribution in [0.1, 0.15) is 24.0 Å². The van der Waals surface area contributed by atoms with Crippen LogP contribution < -0.4 is 5.32 Å². The maximum atomic E-state index is 10.7. The standard InChI is InChI=1S/C12H15NO2/c14-11(15)8-10-6-3-5-9-4-1-2-7-13-12(9)10/h3,5-6,13H,1-2,4,7-8H2,(H,14,15). The van der Waals surface area contributed by atoms with E-state index >= 15 is 0 Å². The van der Waals surface area contributed by atoms with Crippen molar-refractivity contribution in [2.75, 3.05) is 11.9 Å². The van der Waals surface area contributed by atoms with E-state index in [1.165, 1.54) is 12.0 Å². The van der Waals surface area contributed by atoms with Crippen LogP contribution in [0.15, 0.2) is 18.2 Å². The Morgan fingerprint density at radius 3 is 3.07 bits per heavy atom. The highest BCUT2D eigenvalue weighted by molar-refractivity contribution is 5.74. The average molecular weight is 205 g/mol. The highest BCUT2D eigenvalue weighted by Gasteiger charge is 2.12. The van der Waals surface area contributed by atoms with E-state index in [0.29, 0.717) is 0 Å². The van der Waals surface area contributed by atoms with E-state index < -0.39 is 5.97 Å². The molecule has 2 rings (SSSR count). The third-order valence-electron chi connectivity index (χ3n) is 2.75. The lowest BCUT2D eigenvalue weighted by Crippen LogP contribution is -2.07. The summed E-state index contributed by atoms with van der Waals surface area (Å²) < 4.78 is 0. The zero-order chi connectivity index (χ0) is 10.7. The van der Waals surface area contributed by atoms with E-state index in [9.17, 15) is 4.79 Å². The molecule has 0 atom stereocenters. The molecule has 0 radical (unpaired) electrons. The highest BCUT2D eigenvalue weighted by atomic mass is 16.4. The summed E-state index contributed by atoms with van der Waals surface area (Å²) in [5, 5.41) is 12.1. The summed E-state index contributed by atoms with van der Waals surface area (Å²) in [5.74, 6) is -0.769. The zero-order valence-electron chi connectivity index (χ0n) is 8.62. The third kappa shape index (κ3) is 2.29. The molecule has 1 aromatic rings. The van der Waals surface area contributed by atoms with E-state index in [2.05, 4.69) is 11.4 Å². The Labute approximate surface area is 89.1 Å². The molecule has 0 spiro atoms. The summed E-state index contributed by atoms with van der Waals surface area (Å²) in [6.07, 6.45) is 3.49. The smallest absolute Gasteiger partial charge is 0.307 e. The summed E-state index contributed by atoms with van der Waals surface area (Å²) in [6.45, 7) is 0.948. The molecule has 0 amide bonds. The number of benzene rings is 1. The fraction of sp³-hybridized carbons (Fsp3) is 0.417. The van der Waals surface area contributed by atoms with Crippen LogP contribution in [0.3, 0.4) is 0 Å². The number of carboxylic acid groups (broad SMARTS) is 1. The van der Waals surface area contributed by atoms with E-state index in [4.69, 9.17) is 5.11 Å². The number of hydrogen-bond acceptors (Lipinski definition) is 2. The van der Waals surface area contributed by atoms with Gasteiger partial charge in [-0.3, -0.25) is 4.79 Å². The molecule has 3 nitrogen and oxygen atoms in total. The quantitative estimate of drug-likeness (QED) is 0.777. The first kappa shape index (κ1) is 10.0. The minimum atomic E-state index is -0.769. The van der Waals surface area contributed by atoms with Crippen molar-refractivity contribution in [3.05, 3.63) is 29.3 Å². The molecule has 80 valence electrons. The van der Waals surface area contributed by atoms with E-state index in [-0.39, 0.29) is 6.42 Å². The van der Waals surface area contributed by atoms with Gasteiger partial charge in [0.1, 0.15) is 0 Å². The van der Waals surface area contributed by atoms with Crippen molar-refractivity contribution in [3.63, 3.8) is 0 Å². The molecule has 15 heavy (non-hydrogen) atoms. The van der Waals surface area contributed by atoms with Crippen molar-refractivity contribution in [1.82, 2.24) is 0 Å². The lowest BCUT2D eigenvalue weighted by Gasteiger charge is -2.12. The maximum Gasteiger partial charge on any atom is 0.307 e. The van der Waals surface area contributed by atoms with E-state index in [1.807, 2.05) is 12.1 Å². The molecule has 1 aliphatic rings. The highest BCUT2D eigenvalue weighted by Crippen LogP contribution is 2.25. The van der Waals surface area contributed by atoms with Crippen molar-refractivity contribution in [2.45, 2.75) is 25.7 Å². The Hall–Kier alpha value is -1.51. The minimum absolute atomic E-state index is 0.107. The van der Waals surface area contributed by atoms with Gasteiger partial charge in [0.05, 0.1) is 6.42 Å². The predicted octanol–water partition coefficient (Wildman–Crippen LogP) is 2.06. The van der Waals surface area contributed by atoms with Crippen LogP contribution in [0.4, 0.5) is 5.69 Å². The molecule has 1 aromatic carbocycles. The van der Waals surface area contributed by atoms with Gasteiger partial charge in [-0.05, 0) is 30.4 Å². The van der Waals surface area contributed by atoms with Gasteiger partial charge in [0.15, 0.2) is 0 Å². The first-order valence-electron chi connectivity index (χ1n) is 5.34. The van der Waals surface area contributed by atoms with Gasteiger partial charge in [0.2, 0.25) is 0 Å². The molecule has 2 N–H and O–H groups in total. The van der Waals surface area contributed by atoms with Crippen LogP contribution in [0.2, 0.25) is 0 Å². The van der Waals surface area contributed by atoms with Gasteiger partial charge in [-0.2, -0.15) is 0 Å². The molecular weight excluding hydrogens is 190 g/mol. The first-order chi connectivity index (χ1) is 7.27. The number of carbonyl (C=O) groups is 1. The average Bonchev–Trinajstić information content (AvgIpc) is 2.42. The molecule has 0 aliphatic carbocycles. The van der Waals surface area contributed by atoms with Gasteiger partial charge >= 0.3 is 5.97 Å². The van der Waals surface area contributed by atoms with Crippen LogP contribution >= 0.6 is 0 Å². The first-order valence-corrected chi connectivity index (χ1v) is 5.34. The Bertz CT molecular complexity index is 374. The Balaban J connectivity index is 2.34. The fourth-order valence-electron chi connectivity index (χ4n) is 2.05. The summed E-state index contributed by atoms with van der Waals surface area (Å²) >= 11 is 0. The molecule has 0 aromatic heterocycles. The van der Waals surface area contributed by atoms with E-state index in [0.717, 1.165) is 30.6 Å². The van der Waals surface area contributed by atoms with Crippen molar-refractivity contribution in [2.24, 2.45) is 0 Å². The van der Waals surface area contributed by atoms with Gasteiger partial charge < -0.3 is 10.4 Å². The summed E-state index contributed by atoms with van der Waals surface area (Å²) in [5.41, 5.74) is 3.21. The molecule has 1 heterocycles. The molecular formula is C12H15NO2. The second-order valence-corrected chi connectivity index (χ2v) is 3.91. The lowest BCUT2D eigenvalue weighted by molar-refractivity contribution is -0.136. The number of nitrogens with one attached hydrogen (secondary N) is 1. The topological polar surface area (TPSA) is 49.3 Å². The summed E-state index contributed by atoms with van der Waals surface area (Å²) in [6, 6.07) is 5.92. The van der Waals surface area contributed by atoms with Gasteiger partial charge in [-0.1, -0.05) is 18.2 Å².